The molecule has 2 heterocycles. The molecular formula is C21H25N3O4. The second-order valence-electron chi connectivity index (χ2n) is 8.23. The molecule has 1 aliphatic carbocycles. The Kier molecular flexibility index (Phi) is 4.40. The van der Waals surface area contributed by atoms with Crippen LogP contribution in [0.1, 0.15) is 66.9 Å². The number of aryl methyl sites for hydroxylation is 1. The summed E-state index contributed by atoms with van der Waals surface area (Å²) in [6.07, 6.45) is 5.44. The summed E-state index contributed by atoms with van der Waals surface area (Å²) in [5.41, 5.74) is 2.58. The summed E-state index contributed by atoms with van der Waals surface area (Å²) in [6, 6.07) is 1.85. The van der Waals surface area contributed by atoms with Crippen molar-refractivity contribution in [2.24, 2.45) is 5.92 Å². The molecule has 2 aliphatic rings. The molecule has 2 N–H and O–H groups in total. The Morgan fingerprint density at radius 1 is 1.39 bits per heavy atom. The first-order valence-electron chi connectivity index (χ1n) is 9.54. The van der Waals surface area contributed by atoms with Crippen molar-refractivity contribution < 1.29 is 19.1 Å². The molecule has 1 aliphatic heterocycles. The van der Waals surface area contributed by atoms with Crippen LogP contribution < -0.4 is 10.1 Å². The Morgan fingerprint density at radius 3 is 2.89 bits per heavy atom. The SMILES string of the molecule is CC1=CC2c3c(cc(C)c(C(=O)NCc4nnco4)c3O)OC(C)(C)C2CC1. The van der Waals surface area contributed by atoms with Crippen molar-refractivity contribution in [1.29, 1.82) is 0 Å². The molecule has 1 aromatic carbocycles. The third-order valence-corrected chi connectivity index (χ3v) is 5.88. The summed E-state index contributed by atoms with van der Waals surface area (Å²) in [7, 11) is 0. The number of fused-ring (bicyclic) bond motifs is 3. The maximum atomic E-state index is 12.8. The zero-order valence-corrected chi connectivity index (χ0v) is 16.6. The number of phenolic OH excluding ortho intramolecular Hbond substituents is 1. The van der Waals surface area contributed by atoms with Gasteiger partial charge in [-0.25, -0.2) is 0 Å². The predicted octanol–water partition coefficient (Wildman–Crippen LogP) is 3.62. The van der Waals surface area contributed by atoms with Gasteiger partial charge in [-0.2, -0.15) is 0 Å². The molecule has 0 radical (unpaired) electrons. The van der Waals surface area contributed by atoms with E-state index in [0.29, 0.717) is 22.8 Å². The van der Waals surface area contributed by atoms with E-state index in [9.17, 15) is 9.90 Å². The van der Waals surface area contributed by atoms with Gasteiger partial charge in [0.25, 0.3) is 5.91 Å². The second kappa shape index (κ2) is 6.65. The topological polar surface area (TPSA) is 97.5 Å². The van der Waals surface area contributed by atoms with Crippen molar-refractivity contribution in [3.05, 3.63) is 46.7 Å². The summed E-state index contributed by atoms with van der Waals surface area (Å²) in [6.45, 7) is 8.20. The molecule has 4 rings (SSSR count). The van der Waals surface area contributed by atoms with E-state index in [1.807, 2.05) is 6.07 Å². The largest absolute Gasteiger partial charge is 0.507 e. The monoisotopic (exact) mass is 383 g/mol. The van der Waals surface area contributed by atoms with E-state index in [0.717, 1.165) is 12.8 Å². The highest BCUT2D eigenvalue weighted by Crippen LogP contribution is 2.54. The van der Waals surface area contributed by atoms with Gasteiger partial charge in [0.15, 0.2) is 0 Å². The minimum absolute atomic E-state index is 0.00511. The predicted molar refractivity (Wildman–Crippen MR) is 102 cm³/mol. The van der Waals surface area contributed by atoms with Crippen LogP contribution in [0.2, 0.25) is 0 Å². The van der Waals surface area contributed by atoms with E-state index < -0.39 is 0 Å². The number of rotatable bonds is 3. The normalized spacial score (nSPS) is 22.5. The molecule has 7 heteroatoms. The number of ether oxygens (including phenoxy) is 1. The number of benzene rings is 1. The second-order valence-corrected chi connectivity index (χ2v) is 8.23. The molecule has 0 bridgehead atoms. The lowest BCUT2D eigenvalue weighted by Crippen LogP contribution is -2.45. The highest BCUT2D eigenvalue weighted by molar-refractivity contribution is 5.99. The molecule has 1 aromatic heterocycles. The number of hydrogen-bond donors (Lipinski definition) is 2. The number of nitrogens with one attached hydrogen (secondary N) is 1. The Balaban J connectivity index is 1.74. The third-order valence-electron chi connectivity index (χ3n) is 5.88. The summed E-state index contributed by atoms with van der Waals surface area (Å²) < 4.78 is 11.3. The molecule has 7 nitrogen and oxygen atoms in total. The van der Waals surface area contributed by atoms with E-state index in [2.05, 4.69) is 42.4 Å². The van der Waals surface area contributed by atoms with Crippen molar-refractivity contribution >= 4 is 5.91 Å². The molecule has 28 heavy (non-hydrogen) atoms. The fraction of sp³-hybridized carbons (Fsp3) is 0.476. The number of hydrogen-bond acceptors (Lipinski definition) is 6. The Labute approximate surface area is 163 Å². The summed E-state index contributed by atoms with van der Waals surface area (Å²) in [5.74, 6) is 0.839. The standard InChI is InChI=1S/C21H25N3O4/c1-11-5-6-14-13(7-11)18-15(28-21(14,3)4)8-12(2)17(19(18)25)20(26)22-9-16-24-23-10-27-16/h7-8,10,13-14,25H,5-6,9H2,1-4H3,(H,22,26). The molecule has 0 spiro atoms. The Bertz CT molecular complexity index is 947. The molecule has 2 unspecified atom stereocenters. The van der Waals surface area contributed by atoms with Crippen LogP contribution in [0.3, 0.4) is 0 Å². The lowest BCUT2D eigenvalue weighted by atomic mass is 9.67. The van der Waals surface area contributed by atoms with Gasteiger partial charge in [-0.1, -0.05) is 11.6 Å². The number of allylic oxidation sites excluding steroid dienone is 2. The minimum Gasteiger partial charge on any atom is -0.507 e. The molecule has 0 saturated carbocycles. The zero-order chi connectivity index (χ0) is 20.1. The van der Waals surface area contributed by atoms with Gasteiger partial charge in [0.2, 0.25) is 12.3 Å². The fourth-order valence-corrected chi connectivity index (χ4v) is 4.49. The molecule has 1 amide bonds. The zero-order valence-electron chi connectivity index (χ0n) is 16.6. The van der Waals surface area contributed by atoms with Crippen LogP contribution in [-0.2, 0) is 6.54 Å². The average Bonchev–Trinajstić information content (AvgIpc) is 3.12. The van der Waals surface area contributed by atoms with E-state index >= 15 is 0 Å². The average molecular weight is 383 g/mol. The van der Waals surface area contributed by atoms with Crippen LogP contribution in [0.15, 0.2) is 28.5 Å². The number of phenols is 1. The van der Waals surface area contributed by atoms with E-state index in [1.54, 1.807) is 6.92 Å². The quantitative estimate of drug-likeness (QED) is 0.786. The van der Waals surface area contributed by atoms with Crippen molar-refractivity contribution in [2.75, 3.05) is 0 Å². The fourth-order valence-electron chi connectivity index (χ4n) is 4.49. The van der Waals surface area contributed by atoms with Crippen molar-refractivity contribution in [2.45, 2.75) is 58.6 Å². The number of nitrogens with zero attached hydrogens (tertiary/aromatic N) is 2. The van der Waals surface area contributed by atoms with Crippen LogP contribution >= 0.6 is 0 Å². The number of aromatic hydroxyl groups is 1. The lowest BCUT2D eigenvalue weighted by Gasteiger charge is -2.46. The van der Waals surface area contributed by atoms with E-state index in [4.69, 9.17) is 9.15 Å². The Hall–Kier alpha value is -2.83. The third kappa shape index (κ3) is 3.04. The highest BCUT2D eigenvalue weighted by atomic mass is 16.5. The van der Waals surface area contributed by atoms with Crippen molar-refractivity contribution in [3.8, 4) is 11.5 Å². The van der Waals surface area contributed by atoms with Crippen LogP contribution in [-0.4, -0.2) is 26.8 Å². The summed E-state index contributed by atoms with van der Waals surface area (Å²) in [5, 5.41) is 21.2. The number of carbonyl (C=O) groups excluding carboxylic acids is 1. The van der Waals surface area contributed by atoms with Crippen molar-refractivity contribution in [1.82, 2.24) is 15.5 Å². The molecular weight excluding hydrogens is 358 g/mol. The van der Waals surface area contributed by atoms with Crippen LogP contribution in [0.4, 0.5) is 0 Å². The first-order valence-corrected chi connectivity index (χ1v) is 9.54. The Morgan fingerprint density at radius 2 is 2.18 bits per heavy atom. The maximum absolute atomic E-state index is 12.8. The van der Waals surface area contributed by atoms with Gasteiger partial charge < -0.3 is 19.6 Å². The van der Waals surface area contributed by atoms with Gasteiger partial charge in [0, 0.05) is 17.4 Å². The van der Waals surface area contributed by atoms with Gasteiger partial charge in [0.1, 0.15) is 17.1 Å². The molecule has 2 atom stereocenters. The lowest BCUT2D eigenvalue weighted by molar-refractivity contribution is 0.0107. The van der Waals surface area contributed by atoms with Crippen molar-refractivity contribution in [3.63, 3.8) is 0 Å². The van der Waals surface area contributed by atoms with Gasteiger partial charge in [0.05, 0.1) is 12.1 Å². The molecule has 0 fully saturated rings. The highest BCUT2D eigenvalue weighted by Gasteiger charge is 2.46. The number of carbonyl (C=O) groups is 1. The van der Waals surface area contributed by atoms with Gasteiger partial charge in [-0.05, 0) is 52.2 Å². The van der Waals surface area contributed by atoms with Gasteiger partial charge in [-0.15, -0.1) is 10.2 Å². The summed E-state index contributed by atoms with van der Waals surface area (Å²) in [4.78, 5) is 12.8. The van der Waals surface area contributed by atoms with Gasteiger partial charge >= 0.3 is 0 Å². The summed E-state index contributed by atoms with van der Waals surface area (Å²) >= 11 is 0. The van der Waals surface area contributed by atoms with Crippen LogP contribution in [0.25, 0.3) is 0 Å². The van der Waals surface area contributed by atoms with Crippen LogP contribution in [0.5, 0.6) is 11.5 Å². The molecule has 0 saturated heterocycles. The molecule has 2 aromatic rings. The first-order chi connectivity index (χ1) is 13.3. The minimum atomic E-state index is -0.381. The van der Waals surface area contributed by atoms with Gasteiger partial charge in [-0.3, -0.25) is 4.79 Å². The number of aromatic nitrogens is 2. The van der Waals surface area contributed by atoms with Crippen LogP contribution in [0, 0.1) is 12.8 Å². The number of amides is 1. The first kappa shape index (κ1) is 18.5. The maximum Gasteiger partial charge on any atom is 0.255 e. The van der Waals surface area contributed by atoms with E-state index in [-0.39, 0.29) is 41.2 Å². The smallest absolute Gasteiger partial charge is 0.255 e. The van der Waals surface area contributed by atoms with E-state index in [1.165, 1.54) is 12.0 Å². The molecule has 148 valence electrons.